The van der Waals surface area contributed by atoms with Gasteiger partial charge in [-0.2, -0.15) is 0 Å². The van der Waals surface area contributed by atoms with Gasteiger partial charge in [-0.25, -0.2) is 0 Å². The van der Waals surface area contributed by atoms with E-state index in [2.05, 4.69) is 18.2 Å². The summed E-state index contributed by atoms with van der Waals surface area (Å²) in [5, 5.41) is 0. The lowest BCUT2D eigenvalue weighted by molar-refractivity contribution is 0.0251. The van der Waals surface area contributed by atoms with Gasteiger partial charge in [0.2, 0.25) is 0 Å². The Kier molecular flexibility index (Phi) is 4.16. The molecule has 2 atom stereocenters. The first-order valence-electron chi connectivity index (χ1n) is 8.89. The summed E-state index contributed by atoms with van der Waals surface area (Å²) < 4.78 is 23.9. The van der Waals surface area contributed by atoms with E-state index in [4.69, 9.17) is 18.9 Å². The van der Waals surface area contributed by atoms with Crippen LogP contribution in [0.1, 0.15) is 54.7 Å². The molecule has 2 aromatic carbocycles. The molecule has 0 saturated carbocycles. The first-order valence-corrected chi connectivity index (χ1v) is 8.89. The highest BCUT2D eigenvalue weighted by atomic mass is 16.5. The van der Waals surface area contributed by atoms with Crippen LogP contribution in [0.2, 0.25) is 0 Å². The van der Waals surface area contributed by atoms with Crippen molar-refractivity contribution in [1.29, 1.82) is 0 Å². The minimum absolute atomic E-state index is 0.0655. The van der Waals surface area contributed by atoms with Gasteiger partial charge in [0.25, 0.3) is 0 Å². The fourth-order valence-corrected chi connectivity index (χ4v) is 3.85. The maximum absolute atomic E-state index is 6.52. The number of hydrogen-bond donors (Lipinski definition) is 0. The molecular formula is C22H24O4. The van der Waals surface area contributed by atoms with Gasteiger partial charge in [-0.15, -0.1) is 0 Å². The zero-order valence-electron chi connectivity index (χ0n) is 15.6. The van der Waals surface area contributed by atoms with E-state index in [-0.39, 0.29) is 12.2 Å². The fourth-order valence-electron chi connectivity index (χ4n) is 3.85. The van der Waals surface area contributed by atoms with Crippen molar-refractivity contribution >= 4 is 6.08 Å². The number of benzene rings is 2. The van der Waals surface area contributed by atoms with Crippen molar-refractivity contribution in [3.63, 3.8) is 0 Å². The van der Waals surface area contributed by atoms with Crippen LogP contribution in [0.25, 0.3) is 6.08 Å². The van der Waals surface area contributed by atoms with Crippen LogP contribution in [0.4, 0.5) is 0 Å². The smallest absolute Gasteiger partial charge is 0.137 e. The van der Waals surface area contributed by atoms with Gasteiger partial charge in [-0.1, -0.05) is 30.3 Å². The summed E-state index contributed by atoms with van der Waals surface area (Å²) in [5.41, 5.74) is 3.77. The van der Waals surface area contributed by atoms with Crippen molar-refractivity contribution in [3.8, 4) is 11.5 Å². The van der Waals surface area contributed by atoms with E-state index in [9.17, 15) is 0 Å². The van der Waals surface area contributed by atoms with E-state index in [0.717, 1.165) is 40.2 Å². The molecule has 0 N–H and O–H groups in total. The Morgan fingerprint density at radius 3 is 2.58 bits per heavy atom. The molecule has 0 fully saturated rings. The third-order valence-corrected chi connectivity index (χ3v) is 5.25. The summed E-state index contributed by atoms with van der Waals surface area (Å²) in [7, 11) is 3.42. The lowest BCUT2D eigenvalue weighted by Crippen LogP contribution is -2.27. The van der Waals surface area contributed by atoms with Crippen molar-refractivity contribution in [1.82, 2.24) is 0 Å². The Hall–Kier alpha value is -2.46. The van der Waals surface area contributed by atoms with E-state index in [0.29, 0.717) is 0 Å². The average Bonchev–Trinajstić information content (AvgIpc) is 2.67. The Labute approximate surface area is 154 Å². The number of ether oxygens (including phenoxy) is 4. The van der Waals surface area contributed by atoms with Gasteiger partial charge in [0.1, 0.15) is 23.2 Å². The third-order valence-electron chi connectivity index (χ3n) is 5.25. The largest absolute Gasteiger partial charge is 0.496 e. The fraction of sp³-hybridized carbons (Fsp3) is 0.364. The van der Waals surface area contributed by atoms with Gasteiger partial charge in [0.05, 0.1) is 25.0 Å². The van der Waals surface area contributed by atoms with Crippen molar-refractivity contribution in [3.05, 3.63) is 64.9 Å². The Morgan fingerprint density at radius 1 is 1.12 bits per heavy atom. The molecule has 0 radical (unpaired) electrons. The molecule has 0 aromatic heterocycles. The summed E-state index contributed by atoms with van der Waals surface area (Å²) in [6.45, 7) is 4.10. The second-order valence-electron chi connectivity index (χ2n) is 7.19. The number of fused-ring (bicyclic) bond motifs is 3. The van der Waals surface area contributed by atoms with Crippen LogP contribution in [-0.4, -0.2) is 14.2 Å². The Morgan fingerprint density at radius 2 is 1.88 bits per heavy atom. The zero-order chi connectivity index (χ0) is 18.3. The minimum atomic E-state index is -0.446. The zero-order valence-corrected chi connectivity index (χ0v) is 15.6. The minimum Gasteiger partial charge on any atom is -0.496 e. The predicted octanol–water partition coefficient (Wildman–Crippen LogP) is 5.14. The summed E-state index contributed by atoms with van der Waals surface area (Å²) in [5.74, 6) is 1.61. The third kappa shape index (κ3) is 2.65. The van der Waals surface area contributed by atoms with Gasteiger partial charge < -0.3 is 18.9 Å². The van der Waals surface area contributed by atoms with Crippen molar-refractivity contribution in [2.24, 2.45) is 0 Å². The van der Waals surface area contributed by atoms with Crippen molar-refractivity contribution < 1.29 is 18.9 Å². The van der Waals surface area contributed by atoms with Crippen LogP contribution >= 0.6 is 0 Å². The predicted molar refractivity (Wildman–Crippen MR) is 100 cm³/mol. The molecule has 0 spiro atoms. The van der Waals surface area contributed by atoms with Crippen LogP contribution in [-0.2, 0) is 15.1 Å². The van der Waals surface area contributed by atoms with E-state index >= 15 is 0 Å². The van der Waals surface area contributed by atoms with Crippen molar-refractivity contribution in [2.45, 2.75) is 38.1 Å². The molecule has 0 amide bonds. The molecule has 136 valence electrons. The van der Waals surface area contributed by atoms with Gasteiger partial charge in [-0.3, -0.25) is 0 Å². The average molecular weight is 352 g/mol. The molecule has 2 aromatic rings. The van der Waals surface area contributed by atoms with E-state index in [1.54, 1.807) is 20.5 Å². The highest BCUT2D eigenvalue weighted by Crippen LogP contribution is 2.52. The summed E-state index contributed by atoms with van der Waals surface area (Å²) in [4.78, 5) is 0. The first-order chi connectivity index (χ1) is 12.5. The second kappa shape index (κ2) is 6.36. The Balaban J connectivity index is 1.90. The molecule has 2 heterocycles. The van der Waals surface area contributed by atoms with Crippen LogP contribution in [0.15, 0.2) is 42.7 Å². The van der Waals surface area contributed by atoms with Gasteiger partial charge in [0, 0.05) is 24.7 Å². The molecule has 2 aliphatic heterocycles. The molecule has 4 heteroatoms. The summed E-state index contributed by atoms with van der Waals surface area (Å²) in [6.07, 6.45) is 4.30. The van der Waals surface area contributed by atoms with Crippen LogP contribution in [0.5, 0.6) is 11.5 Å². The number of methoxy groups -OCH3 is 2. The standard InChI is InChI=1S/C22H24O4/c1-22(2)16-12-18(23-3)20-19(24-4)13-17(14-8-6-5-7-9-14)26-21(20)15(16)10-11-25-22/h5-12,17,19H,13H2,1-4H3. The molecule has 4 nitrogen and oxygen atoms in total. The molecule has 2 unspecified atom stereocenters. The first kappa shape index (κ1) is 17.0. The van der Waals surface area contributed by atoms with E-state index < -0.39 is 5.60 Å². The highest BCUT2D eigenvalue weighted by Gasteiger charge is 2.38. The molecule has 0 saturated heterocycles. The van der Waals surface area contributed by atoms with Crippen LogP contribution in [0, 0.1) is 0 Å². The molecule has 26 heavy (non-hydrogen) atoms. The summed E-state index contributed by atoms with van der Waals surface area (Å²) >= 11 is 0. The van der Waals surface area contributed by atoms with Gasteiger partial charge >= 0.3 is 0 Å². The number of hydrogen-bond acceptors (Lipinski definition) is 4. The lowest BCUT2D eigenvalue weighted by atomic mass is 9.85. The monoisotopic (exact) mass is 352 g/mol. The maximum Gasteiger partial charge on any atom is 0.137 e. The molecule has 4 rings (SSSR count). The molecule has 0 bridgehead atoms. The maximum atomic E-state index is 6.52. The SMILES string of the molecule is COc1cc2c(c3c1C(OC)CC(c1ccccc1)O3)C=COC2(C)C. The topological polar surface area (TPSA) is 36.9 Å². The van der Waals surface area contributed by atoms with Crippen LogP contribution in [0.3, 0.4) is 0 Å². The quantitative estimate of drug-likeness (QED) is 0.766. The van der Waals surface area contributed by atoms with E-state index in [1.807, 2.05) is 38.1 Å². The van der Waals surface area contributed by atoms with Gasteiger partial charge in [-0.05, 0) is 31.6 Å². The molecular weight excluding hydrogens is 328 g/mol. The van der Waals surface area contributed by atoms with Crippen molar-refractivity contribution in [2.75, 3.05) is 14.2 Å². The molecule has 0 aliphatic carbocycles. The van der Waals surface area contributed by atoms with Gasteiger partial charge in [0.15, 0.2) is 0 Å². The summed E-state index contributed by atoms with van der Waals surface area (Å²) in [6, 6.07) is 12.3. The molecule has 2 aliphatic rings. The normalized spacial score (nSPS) is 22.6. The second-order valence-corrected chi connectivity index (χ2v) is 7.19. The lowest BCUT2D eigenvalue weighted by Gasteiger charge is -2.37. The highest BCUT2D eigenvalue weighted by molar-refractivity contribution is 5.70. The van der Waals surface area contributed by atoms with Crippen LogP contribution < -0.4 is 9.47 Å². The Bertz CT molecular complexity index is 839. The number of rotatable bonds is 3. The van der Waals surface area contributed by atoms with E-state index in [1.165, 1.54) is 0 Å².